The zero-order chi connectivity index (χ0) is 14.0. The number of nitrogens with two attached hydrogens (primary N) is 1. The number of rotatable bonds is 3. The van der Waals surface area contributed by atoms with Gasteiger partial charge in [-0.3, -0.25) is 4.79 Å². The number of carbonyl (C=O) groups excluding carboxylic acids is 1. The summed E-state index contributed by atoms with van der Waals surface area (Å²) in [4.78, 5) is 22.9. The second-order valence-electron chi connectivity index (χ2n) is 4.55. The molecule has 1 aliphatic carbocycles. The van der Waals surface area contributed by atoms with Crippen molar-refractivity contribution in [2.45, 2.75) is 24.8 Å². The number of anilines is 2. The number of nitrogens with one attached hydrogen (secondary N) is 2. The molecule has 2 rings (SSSR count). The van der Waals surface area contributed by atoms with Crippen molar-refractivity contribution in [1.82, 2.24) is 5.32 Å². The van der Waals surface area contributed by atoms with Crippen LogP contribution in [0.2, 0.25) is 0 Å². The van der Waals surface area contributed by atoms with Crippen LogP contribution in [0, 0.1) is 0 Å². The van der Waals surface area contributed by atoms with Gasteiger partial charge in [0, 0.05) is 4.47 Å². The lowest BCUT2D eigenvalue weighted by Gasteiger charge is -2.39. The Morgan fingerprint density at radius 2 is 2.05 bits per heavy atom. The number of carboxylic acid groups (broad SMARTS) is 1. The van der Waals surface area contributed by atoms with Gasteiger partial charge in [0.2, 0.25) is 5.91 Å². The quantitative estimate of drug-likeness (QED) is 0.638. The van der Waals surface area contributed by atoms with E-state index in [2.05, 4.69) is 26.6 Å². The van der Waals surface area contributed by atoms with Gasteiger partial charge in [-0.2, -0.15) is 0 Å². The molecule has 7 heteroatoms. The van der Waals surface area contributed by atoms with Crippen LogP contribution in [-0.2, 0) is 4.79 Å². The molecule has 0 radical (unpaired) electrons. The zero-order valence-electron chi connectivity index (χ0n) is 10.1. The van der Waals surface area contributed by atoms with Crippen molar-refractivity contribution in [3.63, 3.8) is 0 Å². The maximum atomic E-state index is 12.2. The fourth-order valence-corrected chi connectivity index (χ4v) is 2.41. The van der Waals surface area contributed by atoms with Crippen molar-refractivity contribution in [2.24, 2.45) is 0 Å². The van der Waals surface area contributed by atoms with E-state index in [0.717, 1.165) is 10.9 Å². The zero-order valence-corrected chi connectivity index (χ0v) is 11.7. The minimum Gasteiger partial charge on any atom is -0.465 e. The van der Waals surface area contributed by atoms with Crippen molar-refractivity contribution >= 4 is 39.3 Å². The van der Waals surface area contributed by atoms with E-state index < -0.39 is 11.6 Å². The summed E-state index contributed by atoms with van der Waals surface area (Å²) >= 11 is 3.28. The molecule has 0 spiro atoms. The highest BCUT2D eigenvalue weighted by molar-refractivity contribution is 9.10. The van der Waals surface area contributed by atoms with Gasteiger partial charge in [0.1, 0.15) is 5.54 Å². The van der Waals surface area contributed by atoms with Crippen LogP contribution in [0.3, 0.4) is 0 Å². The SMILES string of the molecule is Nc1cc(Br)ccc1NC(=O)C1(NC(=O)O)CCC1. The summed E-state index contributed by atoms with van der Waals surface area (Å²) in [6.07, 6.45) is 0.630. The molecule has 1 aromatic rings. The highest BCUT2D eigenvalue weighted by atomic mass is 79.9. The summed E-state index contributed by atoms with van der Waals surface area (Å²) in [5, 5.41) is 13.8. The highest BCUT2D eigenvalue weighted by Crippen LogP contribution is 2.34. The molecule has 1 fully saturated rings. The third-order valence-electron chi connectivity index (χ3n) is 3.25. The number of hydrogen-bond acceptors (Lipinski definition) is 3. The first kappa shape index (κ1) is 13.7. The van der Waals surface area contributed by atoms with E-state index in [1.165, 1.54) is 0 Å². The van der Waals surface area contributed by atoms with Crippen LogP contribution < -0.4 is 16.4 Å². The van der Waals surface area contributed by atoms with E-state index in [1.807, 2.05) is 0 Å². The Labute approximate surface area is 118 Å². The van der Waals surface area contributed by atoms with Gasteiger partial charge >= 0.3 is 6.09 Å². The summed E-state index contributed by atoms with van der Waals surface area (Å²) in [5.41, 5.74) is 5.67. The van der Waals surface area contributed by atoms with E-state index in [4.69, 9.17) is 10.8 Å². The number of benzene rings is 1. The molecule has 0 atom stereocenters. The first-order valence-corrected chi connectivity index (χ1v) is 6.60. The molecule has 1 saturated carbocycles. The molecule has 1 aliphatic rings. The molecule has 1 aromatic carbocycles. The van der Waals surface area contributed by atoms with Crippen molar-refractivity contribution in [3.8, 4) is 0 Å². The summed E-state index contributed by atoms with van der Waals surface area (Å²) in [6, 6.07) is 5.10. The first-order valence-electron chi connectivity index (χ1n) is 5.80. The fraction of sp³-hybridized carbons (Fsp3) is 0.333. The smallest absolute Gasteiger partial charge is 0.405 e. The lowest BCUT2D eigenvalue weighted by Crippen LogP contribution is -2.60. The Bertz CT molecular complexity index is 529. The molecular formula is C12H14BrN3O3. The summed E-state index contributed by atoms with van der Waals surface area (Å²) in [7, 11) is 0. The maximum absolute atomic E-state index is 12.2. The normalized spacial score (nSPS) is 16.3. The van der Waals surface area contributed by atoms with Gasteiger partial charge in [0.15, 0.2) is 0 Å². The molecule has 0 unspecified atom stereocenters. The lowest BCUT2D eigenvalue weighted by atomic mass is 9.76. The number of hydrogen-bond donors (Lipinski definition) is 4. The molecule has 0 saturated heterocycles. The Morgan fingerprint density at radius 1 is 1.37 bits per heavy atom. The van der Waals surface area contributed by atoms with Crippen LogP contribution in [0.1, 0.15) is 19.3 Å². The lowest BCUT2D eigenvalue weighted by molar-refractivity contribution is -0.125. The van der Waals surface area contributed by atoms with Gasteiger partial charge in [-0.1, -0.05) is 15.9 Å². The minimum absolute atomic E-state index is 0.366. The van der Waals surface area contributed by atoms with Crippen LogP contribution >= 0.6 is 15.9 Å². The predicted molar refractivity (Wildman–Crippen MR) is 74.9 cm³/mol. The number of nitrogen functional groups attached to an aromatic ring is 1. The average Bonchev–Trinajstić information content (AvgIpc) is 2.27. The fourth-order valence-electron chi connectivity index (χ4n) is 2.03. The van der Waals surface area contributed by atoms with Gasteiger partial charge in [-0.05, 0) is 37.5 Å². The molecule has 102 valence electrons. The molecule has 0 aromatic heterocycles. The number of halogens is 1. The maximum Gasteiger partial charge on any atom is 0.405 e. The van der Waals surface area contributed by atoms with Crippen LogP contribution in [0.4, 0.5) is 16.2 Å². The molecule has 6 nitrogen and oxygen atoms in total. The molecule has 2 amide bonds. The van der Waals surface area contributed by atoms with Gasteiger partial charge < -0.3 is 21.5 Å². The molecular weight excluding hydrogens is 314 g/mol. The van der Waals surface area contributed by atoms with Crippen LogP contribution in [0.25, 0.3) is 0 Å². The van der Waals surface area contributed by atoms with Crippen molar-refractivity contribution in [2.75, 3.05) is 11.1 Å². The average molecular weight is 328 g/mol. The molecule has 5 N–H and O–H groups in total. The standard InChI is InChI=1S/C12H14BrN3O3/c13-7-2-3-9(8(14)6-7)15-10(17)12(4-1-5-12)16-11(18)19/h2-3,6,16H,1,4-5,14H2,(H,15,17)(H,18,19). The van der Waals surface area contributed by atoms with E-state index in [-0.39, 0.29) is 5.91 Å². The summed E-state index contributed by atoms with van der Waals surface area (Å²) in [6.45, 7) is 0. The highest BCUT2D eigenvalue weighted by Gasteiger charge is 2.45. The number of amides is 2. The van der Waals surface area contributed by atoms with Crippen LogP contribution in [-0.4, -0.2) is 22.6 Å². The largest absolute Gasteiger partial charge is 0.465 e. The van der Waals surface area contributed by atoms with E-state index >= 15 is 0 Å². The Hall–Kier alpha value is -1.76. The second-order valence-corrected chi connectivity index (χ2v) is 5.47. The monoisotopic (exact) mass is 327 g/mol. The van der Waals surface area contributed by atoms with Crippen LogP contribution in [0.5, 0.6) is 0 Å². The Balaban J connectivity index is 2.13. The number of carbonyl (C=O) groups is 2. The van der Waals surface area contributed by atoms with Crippen LogP contribution in [0.15, 0.2) is 22.7 Å². The van der Waals surface area contributed by atoms with Crippen molar-refractivity contribution in [1.29, 1.82) is 0 Å². The molecule has 0 aliphatic heterocycles. The van der Waals surface area contributed by atoms with Gasteiger partial charge in [0.25, 0.3) is 0 Å². The van der Waals surface area contributed by atoms with Gasteiger partial charge in [0.05, 0.1) is 11.4 Å². The third kappa shape index (κ3) is 2.81. The first-order chi connectivity index (χ1) is 8.93. The van der Waals surface area contributed by atoms with Crippen molar-refractivity contribution < 1.29 is 14.7 Å². The van der Waals surface area contributed by atoms with Gasteiger partial charge in [-0.25, -0.2) is 4.79 Å². The third-order valence-corrected chi connectivity index (χ3v) is 3.74. The Morgan fingerprint density at radius 3 is 2.53 bits per heavy atom. The second kappa shape index (κ2) is 5.08. The molecule has 0 heterocycles. The topological polar surface area (TPSA) is 104 Å². The van der Waals surface area contributed by atoms with E-state index in [0.29, 0.717) is 24.2 Å². The Kier molecular flexibility index (Phi) is 3.66. The van der Waals surface area contributed by atoms with Crippen molar-refractivity contribution in [3.05, 3.63) is 22.7 Å². The summed E-state index contributed by atoms with van der Waals surface area (Å²) < 4.78 is 0.810. The van der Waals surface area contributed by atoms with Gasteiger partial charge in [-0.15, -0.1) is 0 Å². The molecule has 0 bridgehead atoms. The minimum atomic E-state index is -1.20. The van der Waals surface area contributed by atoms with E-state index in [1.54, 1.807) is 18.2 Å². The predicted octanol–water partition coefficient (Wildman–Crippen LogP) is 2.16. The van der Waals surface area contributed by atoms with E-state index in [9.17, 15) is 9.59 Å². The molecule has 19 heavy (non-hydrogen) atoms. The summed E-state index contributed by atoms with van der Waals surface area (Å²) in [5.74, 6) is -0.366.